The Morgan fingerprint density at radius 2 is 1.45 bits per heavy atom. The Kier molecular flexibility index (Phi) is 5.81. The van der Waals surface area contributed by atoms with Gasteiger partial charge in [-0.05, 0) is 41.6 Å². The zero-order valence-corrected chi connectivity index (χ0v) is 11.4. The molecule has 0 fully saturated rings. The van der Waals surface area contributed by atoms with Gasteiger partial charge in [-0.1, -0.05) is 32.7 Å². The standard InChI is InChI=1S/C16H14N2S.CH4/c1-4-12-6-13(5-2)8-14(7-12)9-18-16-11-19-10-15(16)17-3;/h4-11H,1-3H2;1H4. The average molecular weight is 282 g/mol. The van der Waals surface area contributed by atoms with Crippen LogP contribution in [0.15, 0.2) is 52.1 Å². The number of thiophene rings is 1. The van der Waals surface area contributed by atoms with E-state index in [4.69, 9.17) is 0 Å². The Bertz CT molecular complexity index is 625. The maximum atomic E-state index is 4.44. The van der Waals surface area contributed by atoms with Crippen LogP contribution in [0.3, 0.4) is 0 Å². The van der Waals surface area contributed by atoms with E-state index in [1.165, 1.54) is 0 Å². The van der Waals surface area contributed by atoms with Crippen LogP contribution in [0.25, 0.3) is 12.2 Å². The molecule has 0 saturated heterocycles. The van der Waals surface area contributed by atoms with Gasteiger partial charge in [-0.3, -0.25) is 9.98 Å². The minimum Gasteiger partial charge on any atom is -0.262 e. The van der Waals surface area contributed by atoms with Crippen LogP contribution in [0.4, 0.5) is 11.4 Å². The van der Waals surface area contributed by atoms with Gasteiger partial charge in [0.15, 0.2) is 0 Å². The van der Waals surface area contributed by atoms with Crippen LogP contribution < -0.4 is 0 Å². The van der Waals surface area contributed by atoms with E-state index < -0.39 is 0 Å². The van der Waals surface area contributed by atoms with Gasteiger partial charge in [0.25, 0.3) is 0 Å². The van der Waals surface area contributed by atoms with Crippen molar-refractivity contribution in [3.63, 3.8) is 0 Å². The van der Waals surface area contributed by atoms with E-state index in [1.807, 2.05) is 47.3 Å². The summed E-state index contributed by atoms with van der Waals surface area (Å²) in [5.41, 5.74) is 4.75. The molecular formula is C17H18N2S. The fourth-order valence-electron chi connectivity index (χ4n) is 1.66. The minimum absolute atomic E-state index is 0. The van der Waals surface area contributed by atoms with E-state index in [1.54, 1.807) is 11.3 Å². The second-order valence-electron chi connectivity index (χ2n) is 3.90. The summed E-state index contributed by atoms with van der Waals surface area (Å²) in [6, 6.07) is 6.08. The van der Waals surface area contributed by atoms with Crippen LogP contribution in [-0.4, -0.2) is 12.9 Å². The van der Waals surface area contributed by atoms with Crippen molar-refractivity contribution in [2.75, 3.05) is 0 Å². The second kappa shape index (κ2) is 7.36. The minimum atomic E-state index is 0. The smallest absolute Gasteiger partial charge is 0.0993 e. The maximum Gasteiger partial charge on any atom is 0.0993 e. The van der Waals surface area contributed by atoms with Crippen molar-refractivity contribution in [1.29, 1.82) is 0 Å². The molecule has 3 heteroatoms. The van der Waals surface area contributed by atoms with Crippen LogP contribution in [0.5, 0.6) is 0 Å². The summed E-state index contributed by atoms with van der Waals surface area (Å²) in [5.74, 6) is 0. The molecule has 0 saturated carbocycles. The summed E-state index contributed by atoms with van der Waals surface area (Å²) >= 11 is 1.56. The third kappa shape index (κ3) is 3.62. The molecule has 0 aliphatic heterocycles. The Morgan fingerprint density at radius 1 is 0.900 bits per heavy atom. The van der Waals surface area contributed by atoms with E-state index in [2.05, 4.69) is 29.9 Å². The van der Waals surface area contributed by atoms with Gasteiger partial charge in [-0.15, -0.1) is 11.3 Å². The van der Waals surface area contributed by atoms with E-state index >= 15 is 0 Å². The van der Waals surface area contributed by atoms with E-state index in [0.29, 0.717) is 0 Å². The molecule has 2 aromatic rings. The largest absolute Gasteiger partial charge is 0.262 e. The van der Waals surface area contributed by atoms with E-state index in [0.717, 1.165) is 28.1 Å². The first kappa shape index (κ1) is 15.8. The zero-order chi connectivity index (χ0) is 13.7. The summed E-state index contributed by atoms with van der Waals surface area (Å²) in [6.07, 6.45) is 5.44. The third-order valence-corrected chi connectivity index (χ3v) is 3.33. The first-order chi connectivity index (χ1) is 9.26. The Hall–Kier alpha value is -2.26. The Labute approximate surface area is 124 Å². The van der Waals surface area contributed by atoms with Crippen molar-refractivity contribution in [3.8, 4) is 0 Å². The highest BCUT2D eigenvalue weighted by Gasteiger charge is 1.99. The molecule has 0 radical (unpaired) electrons. The Balaban J connectivity index is 0.00000200. The highest BCUT2D eigenvalue weighted by Crippen LogP contribution is 2.31. The molecule has 0 bridgehead atoms. The molecule has 0 spiro atoms. The van der Waals surface area contributed by atoms with Gasteiger partial charge in [-0.2, -0.15) is 0 Å². The normalized spacial score (nSPS) is 10.0. The SMILES string of the molecule is C.C=Cc1cc(C=C)cc(C=Nc2cscc2N=C)c1. The highest BCUT2D eigenvalue weighted by atomic mass is 32.1. The van der Waals surface area contributed by atoms with Crippen LogP contribution in [0.1, 0.15) is 24.1 Å². The van der Waals surface area contributed by atoms with Gasteiger partial charge in [0.1, 0.15) is 0 Å². The Morgan fingerprint density at radius 3 is 2.00 bits per heavy atom. The number of hydrogen-bond donors (Lipinski definition) is 0. The lowest BCUT2D eigenvalue weighted by molar-refractivity contribution is 1.51. The van der Waals surface area contributed by atoms with Crippen LogP contribution in [0.2, 0.25) is 0 Å². The fraction of sp³-hybridized carbons (Fsp3) is 0.0588. The number of nitrogens with zero attached hydrogens (tertiary/aromatic N) is 2. The molecule has 0 aliphatic rings. The molecule has 0 aliphatic carbocycles. The summed E-state index contributed by atoms with van der Waals surface area (Å²) in [7, 11) is 0. The topological polar surface area (TPSA) is 24.7 Å². The monoisotopic (exact) mass is 282 g/mol. The predicted molar refractivity (Wildman–Crippen MR) is 94.1 cm³/mol. The van der Waals surface area contributed by atoms with Crippen molar-refractivity contribution in [2.45, 2.75) is 7.43 Å². The maximum absolute atomic E-state index is 4.44. The molecule has 0 unspecified atom stereocenters. The molecule has 1 aromatic heterocycles. The summed E-state index contributed by atoms with van der Waals surface area (Å²) in [6.45, 7) is 11.1. The summed E-state index contributed by atoms with van der Waals surface area (Å²) < 4.78 is 0. The molecular weight excluding hydrogens is 264 g/mol. The first-order valence-corrected chi connectivity index (χ1v) is 6.68. The van der Waals surface area contributed by atoms with Crippen molar-refractivity contribution in [1.82, 2.24) is 0 Å². The van der Waals surface area contributed by atoms with Crippen LogP contribution >= 0.6 is 11.3 Å². The number of aliphatic imine (C=N–C) groups is 2. The van der Waals surface area contributed by atoms with Crippen molar-refractivity contribution in [2.24, 2.45) is 9.98 Å². The van der Waals surface area contributed by atoms with E-state index in [9.17, 15) is 0 Å². The lowest BCUT2D eigenvalue weighted by Crippen LogP contribution is -1.85. The molecule has 0 atom stereocenters. The molecule has 2 nitrogen and oxygen atoms in total. The second-order valence-corrected chi connectivity index (χ2v) is 4.64. The van der Waals surface area contributed by atoms with E-state index in [-0.39, 0.29) is 7.43 Å². The lowest BCUT2D eigenvalue weighted by Gasteiger charge is -2.00. The predicted octanol–water partition coefficient (Wildman–Crippen LogP) is 5.75. The summed E-state index contributed by atoms with van der Waals surface area (Å²) in [5, 5.41) is 3.88. The quantitative estimate of drug-likeness (QED) is 0.623. The van der Waals surface area contributed by atoms with Crippen LogP contribution in [0, 0.1) is 0 Å². The van der Waals surface area contributed by atoms with Gasteiger partial charge >= 0.3 is 0 Å². The molecule has 0 amide bonds. The van der Waals surface area contributed by atoms with Crippen LogP contribution in [-0.2, 0) is 0 Å². The molecule has 1 aromatic carbocycles. The van der Waals surface area contributed by atoms with Crippen molar-refractivity contribution < 1.29 is 0 Å². The number of hydrogen-bond acceptors (Lipinski definition) is 3. The molecule has 0 N–H and O–H groups in total. The number of benzene rings is 1. The molecule has 102 valence electrons. The molecule has 2 rings (SSSR count). The lowest BCUT2D eigenvalue weighted by atomic mass is 10.1. The van der Waals surface area contributed by atoms with Crippen molar-refractivity contribution in [3.05, 3.63) is 58.8 Å². The zero-order valence-electron chi connectivity index (χ0n) is 10.5. The van der Waals surface area contributed by atoms with Gasteiger partial charge in [0.05, 0.1) is 11.4 Å². The fourth-order valence-corrected chi connectivity index (χ4v) is 2.36. The highest BCUT2D eigenvalue weighted by molar-refractivity contribution is 7.08. The van der Waals surface area contributed by atoms with Gasteiger partial charge in [0, 0.05) is 17.0 Å². The number of rotatable bonds is 5. The van der Waals surface area contributed by atoms with Gasteiger partial charge in [-0.25, -0.2) is 0 Å². The molecule has 20 heavy (non-hydrogen) atoms. The van der Waals surface area contributed by atoms with Crippen molar-refractivity contribution >= 4 is 47.8 Å². The molecule has 1 heterocycles. The van der Waals surface area contributed by atoms with Gasteiger partial charge < -0.3 is 0 Å². The average Bonchev–Trinajstić information content (AvgIpc) is 2.92. The third-order valence-electron chi connectivity index (χ3n) is 2.62. The first-order valence-electron chi connectivity index (χ1n) is 5.73. The van der Waals surface area contributed by atoms with Gasteiger partial charge in [0.2, 0.25) is 0 Å². The summed E-state index contributed by atoms with van der Waals surface area (Å²) in [4.78, 5) is 8.37.